The van der Waals surface area contributed by atoms with E-state index in [-0.39, 0.29) is 36.9 Å². The zero-order chi connectivity index (χ0) is 21.1. The zero-order valence-electron chi connectivity index (χ0n) is 16.3. The van der Waals surface area contributed by atoms with Crippen LogP contribution >= 0.6 is 0 Å². The van der Waals surface area contributed by atoms with Gasteiger partial charge < -0.3 is 20.0 Å². The lowest BCUT2D eigenvalue weighted by molar-refractivity contribution is -0.125. The Morgan fingerprint density at radius 1 is 1.10 bits per heavy atom. The molecule has 0 atom stereocenters. The minimum Gasteiger partial charge on any atom is -0.459 e. The first-order valence-corrected chi connectivity index (χ1v) is 9.82. The molecule has 1 aromatic carbocycles. The molecule has 9 nitrogen and oxygen atoms in total. The Morgan fingerprint density at radius 2 is 1.87 bits per heavy atom. The van der Waals surface area contributed by atoms with Crippen LogP contribution in [0.3, 0.4) is 0 Å². The van der Waals surface area contributed by atoms with Gasteiger partial charge in [-0.1, -0.05) is 18.2 Å². The van der Waals surface area contributed by atoms with Crippen LogP contribution in [-0.2, 0) is 11.3 Å². The monoisotopic (exact) mass is 410 g/mol. The number of rotatable bonds is 5. The first kappa shape index (κ1) is 19.7. The molecule has 2 N–H and O–H groups in total. The van der Waals surface area contributed by atoms with Crippen molar-refractivity contribution in [2.45, 2.75) is 25.4 Å². The molecule has 2 aliphatic heterocycles. The van der Waals surface area contributed by atoms with E-state index in [4.69, 9.17) is 4.42 Å². The quantitative estimate of drug-likeness (QED) is 0.723. The van der Waals surface area contributed by atoms with Gasteiger partial charge in [0.05, 0.1) is 19.4 Å². The van der Waals surface area contributed by atoms with Gasteiger partial charge in [0, 0.05) is 24.7 Å². The largest absolute Gasteiger partial charge is 0.459 e. The molecule has 5 amide bonds. The Morgan fingerprint density at radius 3 is 2.53 bits per heavy atom. The Labute approximate surface area is 173 Å². The summed E-state index contributed by atoms with van der Waals surface area (Å²) >= 11 is 0. The highest BCUT2D eigenvalue weighted by Crippen LogP contribution is 2.17. The Bertz CT molecular complexity index is 948. The van der Waals surface area contributed by atoms with Crippen molar-refractivity contribution in [3.05, 3.63) is 59.5 Å². The van der Waals surface area contributed by atoms with Crippen LogP contribution in [0.4, 0.5) is 4.79 Å². The number of benzene rings is 1. The molecule has 0 saturated carbocycles. The molecule has 2 saturated heterocycles. The lowest BCUT2D eigenvalue weighted by Gasteiger charge is -2.32. The third-order valence-electron chi connectivity index (χ3n) is 5.38. The maximum atomic E-state index is 12.9. The first-order valence-electron chi connectivity index (χ1n) is 9.82. The molecule has 1 aromatic heterocycles. The van der Waals surface area contributed by atoms with Crippen molar-refractivity contribution in [3.63, 3.8) is 0 Å². The second-order valence-corrected chi connectivity index (χ2v) is 7.31. The number of piperidine rings is 1. The second kappa shape index (κ2) is 8.40. The van der Waals surface area contributed by atoms with E-state index in [1.54, 1.807) is 41.3 Å². The molecule has 9 heteroatoms. The number of nitrogens with zero attached hydrogens (tertiary/aromatic N) is 2. The summed E-state index contributed by atoms with van der Waals surface area (Å²) in [5.74, 6) is -0.409. The summed E-state index contributed by atoms with van der Waals surface area (Å²) in [5, 5.41) is 5.49. The standard InChI is InChI=1S/C21H22N4O5/c26-18-12-22-21(29)25(18)13-14-4-1-2-5-16(14)19(27)23-15-7-9-24(10-8-15)20(28)17-6-3-11-30-17/h1-6,11,15H,7-10,12-13H2,(H,22,29)(H,23,27). The molecule has 2 aromatic rings. The van der Waals surface area contributed by atoms with Crippen LogP contribution in [0.5, 0.6) is 0 Å². The molecule has 3 heterocycles. The highest BCUT2D eigenvalue weighted by molar-refractivity contribution is 6.02. The minimum atomic E-state index is -0.455. The van der Waals surface area contributed by atoms with Crippen molar-refractivity contribution in [2.24, 2.45) is 0 Å². The van der Waals surface area contributed by atoms with Crippen molar-refractivity contribution in [2.75, 3.05) is 19.6 Å². The molecular weight excluding hydrogens is 388 g/mol. The summed E-state index contributed by atoms with van der Waals surface area (Å²) in [5.41, 5.74) is 1.03. The molecule has 0 bridgehead atoms. The van der Waals surface area contributed by atoms with E-state index in [0.717, 1.165) is 4.90 Å². The number of hydrogen-bond donors (Lipinski definition) is 2. The van der Waals surface area contributed by atoms with Crippen molar-refractivity contribution >= 4 is 23.8 Å². The average Bonchev–Trinajstić information content (AvgIpc) is 3.40. The van der Waals surface area contributed by atoms with Crippen LogP contribution in [0, 0.1) is 0 Å². The van der Waals surface area contributed by atoms with Gasteiger partial charge in [-0.15, -0.1) is 0 Å². The smallest absolute Gasteiger partial charge is 0.324 e. The van der Waals surface area contributed by atoms with E-state index in [9.17, 15) is 19.2 Å². The van der Waals surface area contributed by atoms with Crippen molar-refractivity contribution in [1.82, 2.24) is 20.4 Å². The lowest BCUT2D eigenvalue weighted by Crippen LogP contribution is -2.46. The van der Waals surface area contributed by atoms with E-state index >= 15 is 0 Å². The molecule has 156 valence electrons. The number of hydrogen-bond acceptors (Lipinski definition) is 5. The minimum absolute atomic E-state index is 0.0253. The third kappa shape index (κ3) is 4.05. The zero-order valence-corrected chi connectivity index (χ0v) is 16.3. The topological polar surface area (TPSA) is 112 Å². The van der Waals surface area contributed by atoms with Gasteiger partial charge >= 0.3 is 6.03 Å². The normalized spacial score (nSPS) is 17.2. The second-order valence-electron chi connectivity index (χ2n) is 7.31. The highest BCUT2D eigenvalue weighted by atomic mass is 16.3. The molecule has 0 spiro atoms. The van der Waals surface area contributed by atoms with Gasteiger partial charge in [-0.2, -0.15) is 0 Å². The van der Waals surface area contributed by atoms with Crippen LogP contribution in [0.1, 0.15) is 39.3 Å². The van der Waals surface area contributed by atoms with Crippen molar-refractivity contribution in [3.8, 4) is 0 Å². The molecule has 2 fully saturated rings. The number of carbonyl (C=O) groups excluding carboxylic acids is 4. The van der Waals surface area contributed by atoms with Crippen molar-refractivity contribution in [1.29, 1.82) is 0 Å². The summed E-state index contributed by atoms with van der Waals surface area (Å²) in [4.78, 5) is 51.7. The first-order chi connectivity index (χ1) is 14.5. The molecule has 0 unspecified atom stereocenters. The van der Waals surface area contributed by atoms with Crippen molar-refractivity contribution < 1.29 is 23.6 Å². The van der Waals surface area contributed by atoms with Gasteiger partial charge in [0.1, 0.15) is 0 Å². The van der Waals surface area contributed by atoms with E-state index in [0.29, 0.717) is 42.8 Å². The Hall–Kier alpha value is -3.62. The van der Waals surface area contributed by atoms with Gasteiger partial charge in [-0.25, -0.2) is 4.79 Å². The van der Waals surface area contributed by atoms with Gasteiger partial charge in [-0.3, -0.25) is 19.3 Å². The van der Waals surface area contributed by atoms with Gasteiger partial charge in [-0.05, 0) is 36.6 Å². The molecule has 30 heavy (non-hydrogen) atoms. The van der Waals surface area contributed by atoms with E-state index in [1.165, 1.54) is 6.26 Å². The SMILES string of the molecule is O=C(NC1CCN(C(=O)c2ccco2)CC1)c1ccccc1CN1C(=O)CNC1=O. The fourth-order valence-electron chi connectivity index (χ4n) is 3.71. The molecule has 2 aliphatic rings. The van der Waals surface area contributed by atoms with Gasteiger partial charge in [0.25, 0.3) is 11.8 Å². The third-order valence-corrected chi connectivity index (χ3v) is 5.38. The predicted molar refractivity (Wildman–Crippen MR) is 105 cm³/mol. The van der Waals surface area contributed by atoms with E-state index in [1.807, 2.05) is 0 Å². The highest BCUT2D eigenvalue weighted by Gasteiger charge is 2.30. The molecule has 0 radical (unpaired) electrons. The van der Waals surface area contributed by atoms with Crippen LogP contribution in [-0.4, -0.2) is 59.2 Å². The van der Waals surface area contributed by atoms with Crippen LogP contribution in [0.15, 0.2) is 47.1 Å². The fourth-order valence-corrected chi connectivity index (χ4v) is 3.71. The van der Waals surface area contributed by atoms with Crippen LogP contribution in [0.25, 0.3) is 0 Å². The molecular formula is C21H22N4O5. The maximum absolute atomic E-state index is 12.9. The summed E-state index contributed by atoms with van der Waals surface area (Å²) < 4.78 is 5.16. The summed E-state index contributed by atoms with van der Waals surface area (Å²) in [6.45, 7) is 1.07. The number of urea groups is 1. The Balaban J connectivity index is 1.36. The van der Waals surface area contributed by atoms with Gasteiger partial charge in [0.15, 0.2) is 5.76 Å². The predicted octanol–water partition coefficient (Wildman–Crippen LogP) is 1.37. The van der Waals surface area contributed by atoms with Crippen LogP contribution < -0.4 is 10.6 Å². The fraction of sp³-hybridized carbons (Fsp3) is 0.333. The number of amides is 5. The average molecular weight is 410 g/mol. The number of carbonyl (C=O) groups is 4. The Kier molecular flexibility index (Phi) is 5.51. The van der Waals surface area contributed by atoms with Gasteiger partial charge in [0.2, 0.25) is 5.91 Å². The van der Waals surface area contributed by atoms with E-state index in [2.05, 4.69) is 10.6 Å². The lowest BCUT2D eigenvalue weighted by atomic mass is 10.0. The summed E-state index contributed by atoms with van der Waals surface area (Å²) in [6.07, 6.45) is 2.73. The number of imide groups is 1. The maximum Gasteiger partial charge on any atom is 0.324 e. The number of nitrogens with one attached hydrogen (secondary N) is 2. The summed E-state index contributed by atoms with van der Waals surface area (Å²) in [6, 6.07) is 9.72. The number of likely N-dealkylation sites (tertiary alicyclic amines) is 1. The molecule has 4 rings (SSSR count). The molecule has 0 aliphatic carbocycles. The van der Waals surface area contributed by atoms with Crippen LogP contribution in [0.2, 0.25) is 0 Å². The van der Waals surface area contributed by atoms with E-state index < -0.39 is 6.03 Å². The summed E-state index contributed by atoms with van der Waals surface area (Å²) in [7, 11) is 0. The number of furan rings is 1.